The number of carbonyl (C=O) groups excluding carboxylic acids is 1. The quantitative estimate of drug-likeness (QED) is 0.882. The standard InChI is InChI=1S/C15H24N4O2/c1-10-17-14(19-21-10)15(7-2-3-8-15)18-13(20)9-11-5-4-6-12(11)16/h11-12H,2-9,16H2,1H3,(H,18,20)/t11-,12+/m0/s1. The summed E-state index contributed by atoms with van der Waals surface area (Å²) in [4.78, 5) is 16.8. The van der Waals surface area contributed by atoms with Crippen LogP contribution in [0.5, 0.6) is 0 Å². The zero-order valence-electron chi connectivity index (χ0n) is 12.6. The molecule has 0 aromatic carbocycles. The second-order valence-corrected chi connectivity index (χ2v) is 6.53. The van der Waals surface area contributed by atoms with Crippen molar-refractivity contribution >= 4 is 5.91 Å². The Hall–Kier alpha value is -1.43. The minimum atomic E-state index is -0.433. The van der Waals surface area contributed by atoms with E-state index in [2.05, 4.69) is 15.5 Å². The van der Waals surface area contributed by atoms with Gasteiger partial charge in [0.25, 0.3) is 0 Å². The molecule has 0 radical (unpaired) electrons. The molecular weight excluding hydrogens is 268 g/mol. The van der Waals surface area contributed by atoms with E-state index in [-0.39, 0.29) is 11.9 Å². The Bertz CT molecular complexity index is 508. The number of nitrogens with zero attached hydrogens (tertiary/aromatic N) is 2. The summed E-state index contributed by atoms with van der Waals surface area (Å²) in [5.41, 5.74) is 5.63. The highest BCUT2D eigenvalue weighted by molar-refractivity contribution is 5.77. The van der Waals surface area contributed by atoms with Crippen molar-refractivity contribution in [3.8, 4) is 0 Å². The van der Waals surface area contributed by atoms with Gasteiger partial charge in [0, 0.05) is 19.4 Å². The molecule has 2 fully saturated rings. The third-order valence-electron chi connectivity index (χ3n) is 4.96. The van der Waals surface area contributed by atoms with E-state index in [1.165, 1.54) is 0 Å². The SMILES string of the molecule is Cc1nc(C2(NC(=O)C[C@@H]3CCC[C@H]3N)CCCC2)no1. The number of aromatic nitrogens is 2. The number of rotatable bonds is 4. The monoisotopic (exact) mass is 292 g/mol. The van der Waals surface area contributed by atoms with Crippen LogP contribution in [0.15, 0.2) is 4.52 Å². The molecule has 1 amide bonds. The van der Waals surface area contributed by atoms with Crippen LogP contribution in [0.4, 0.5) is 0 Å². The molecule has 2 aliphatic rings. The maximum Gasteiger partial charge on any atom is 0.223 e. The summed E-state index contributed by atoms with van der Waals surface area (Å²) in [7, 11) is 0. The van der Waals surface area contributed by atoms with Crippen molar-refractivity contribution in [3.63, 3.8) is 0 Å². The van der Waals surface area contributed by atoms with Gasteiger partial charge >= 0.3 is 0 Å². The van der Waals surface area contributed by atoms with E-state index >= 15 is 0 Å². The lowest BCUT2D eigenvalue weighted by Gasteiger charge is -2.28. The number of nitrogens with one attached hydrogen (secondary N) is 1. The van der Waals surface area contributed by atoms with Gasteiger partial charge in [0.1, 0.15) is 5.54 Å². The summed E-state index contributed by atoms with van der Waals surface area (Å²) in [6.45, 7) is 1.78. The van der Waals surface area contributed by atoms with Crippen LogP contribution >= 0.6 is 0 Å². The van der Waals surface area contributed by atoms with Gasteiger partial charge in [-0.3, -0.25) is 4.79 Å². The second kappa shape index (κ2) is 5.75. The molecule has 6 nitrogen and oxygen atoms in total. The van der Waals surface area contributed by atoms with E-state index < -0.39 is 5.54 Å². The molecule has 0 unspecified atom stereocenters. The van der Waals surface area contributed by atoms with Gasteiger partial charge in [-0.2, -0.15) is 4.98 Å². The first-order chi connectivity index (χ1) is 10.1. The van der Waals surface area contributed by atoms with Crippen molar-refractivity contribution in [2.24, 2.45) is 11.7 Å². The van der Waals surface area contributed by atoms with Crippen molar-refractivity contribution in [1.82, 2.24) is 15.5 Å². The van der Waals surface area contributed by atoms with Gasteiger partial charge in [-0.15, -0.1) is 0 Å². The first-order valence-electron chi connectivity index (χ1n) is 7.96. The van der Waals surface area contributed by atoms with Crippen LogP contribution in [0.2, 0.25) is 0 Å². The first-order valence-corrected chi connectivity index (χ1v) is 7.96. The number of hydrogen-bond donors (Lipinski definition) is 2. The lowest BCUT2D eigenvalue weighted by atomic mass is 9.94. The number of hydrogen-bond acceptors (Lipinski definition) is 5. The van der Waals surface area contributed by atoms with E-state index in [1.54, 1.807) is 6.92 Å². The second-order valence-electron chi connectivity index (χ2n) is 6.53. The zero-order chi connectivity index (χ0) is 14.9. The largest absolute Gasteiger partial charge is 0.343 e. The highest BCUT2D eigenvalue weighted by Gasteiger charge is 2.41. The summed E-state index contributed by atoms with van der Waals surface area (Å²) in [5, 5.41) is 7.23. The highest BCUT2D eigenvalue weighted by Crippen LogP contribution is 2.37. The Kier molecular flexibility index (Phi) is 3.97. The van der Waals surface area contributed by atoms with Gasteiger partial charge in [0.2, 0.25) is 11.8 Å². The molecule has 0 saturated heterocycles. The summed E-state index contributed by atoms with van der Waals surface area (Å²) in [5.74, 6) is 1.56. The van der Waals surface area contributed by atoms with Crippen molar-refractivity contribution in [2.75, 3.05) is 0 Å². The van der Waals surface area contributed by atoms with Gasteiger partial charge in [0.15, 0.2) is 5.82 Å². The summed E-state index contributed by atoms with van der Waals surface area (Å²) in [6, 6.07) is 0.169. The van der Waals surface area contributed by atoms with Crippen molar-refractivity contribution in [3.05, 3.63) is 11.7 Å². The molecule has 2 atom stereocenters. The van der Waals surface area contributed by atoms with Crippen LogP contribution < -0.4 is 11.1 Å². The molecule has 1 aromatic heterocycles. The Morgan fingerprint density at radius 1 is 1.38 bits per heavy atom. The highest BCUT2D eigenvalue weighted by atomic mass is 16.5. The third-order valence-corrected chi connectivity index (χ3v) is 4.96. The Labute approximate surface area is 124 Å². The molecule has 3 N–H and O–H groups in total. The van der Waals surface area contributed by atoms with Crippen molar-refractivity contribution < 1.29 is 9.32 Å². The Morgan fingerprint density at radius 3 is 2.71 bits per heavy atom. The predicted molar refractivity (Wildman–Crippen MR) is 77.3 cm³/mol. The lowest BCUT2D eigenvalue weighted by Crippen LogP contribution is -2.45. The molecule has 1 aromatic rings. The van der Waals surface area contributed by atoms with Crippen LogP contribution in [0.1, 0.15) is 63.1 Å². The van der Waals surface area contributed by atoms with Gasteiger partial charge in [-0.05, 0) is 31.6 Å². The number of nitrogens with two attached hydrogens (primary N) is 1. The van der Waals surface area contributed by atoms with Crippen LogP contribution in [-0.4, -0.2) is 22.1 Å². The Morgan fingerprint density at radius 2 is 2.14 bits per heavy atom. The molecule has 3 rings (SSSR count). The molecule has 116 valence electrons. The van der Waals surface area contributed by atoms with Crippen LogP contribution in [0.3, 0.4) is 0 Å². The van der Waals surface area contributed by atoms with Gasteiger partial charge < -0.3 is 15.6 Å². The number of carbonyl (C=O) groups is 1. The minimum Gasteiger partial charge on any atom is -0.343 e. The van der Waals surface area contributed by atoms with Crippen molar-refractivity contribution in [2.45, 2.75) is 69.9 Å². The maximum atomic E-state index is 12.4. The topological polar surface area (TPSA) is 94.0 Å². The molecule has 0 spiro atoms. The molecule has 0 bridgehead atoms. The first kappa shape index (κ1) is 14.5. The predicted octanol–water partition coefficient (Wildman–Crippen LogP) is 1.78. The molecule has 2 saturated carbocycles. The van der Waals surface area contributed by atoms with E-state index in [9.17, 15) is 4.79 Å². The molecule has 6 heteroatoms. The van der Waals surface area contributed by atoms with Gasteiger partial charge in [0.05, 0.1) is 0 Å². The van der Waals surface area contributed by atoms with E-state index in [0.29, 0.717) is 24.1 Å². The van der Waals surface area contributed by atoms with Crippen molar-refractivity contribution in [1.29, 1.82) is 0 Å². The fourth-order valence-corrected chi connectivity index (χ4v) is 3.75. The fraction of sp³-hybridized carbons (Fsp3) is 0.800. The van der Waals surface area contributed by atoms with Gasteiger partial charge in [-0.25, -0.2) is 0 Å². The van der Waals surface area contributed by atoms with Crippen LogP contribution in [0.25, 0.3) is 0 Å². The zero-order valence-corrected chi connectivity index (χ0v) is 12.6. The minimum absolute atomic E-state index is 0.0710. The van der Waals surface area contributed by atoms with Gasteiger partial charge in [-0.1, -0.05) is 24.4 Å². The molecule has 1 heterocycles. The molecule has 2 aliphatic carbocycles. The molecule has 21 heavy (non-hydrogen) atoms. The average molecular weight is 292 g/mol. The van der Waals surface area contributed by atoms with E-state index in [1.807, 2.05) is 0 Å². The lowest BCUT2D eigenvalue weighted by molar-refractivity contribution is -0.124. The summed E-state index contributed by atoms with van der Waals surface area (Å²) >= 11 is 0. The van der Waals surface area contributed by atoms with Crippen LogP contribution in [-0.2, 0) is 10.3 Å². The third kappa shape index (κ3) is 2.95. The number of amides is 1. The van der Waals surface area contributed by atoms with Crippen LogP contribution in [0, 0.1) is 12.8 Å². The smallest absolute Gasteiger partial charge is 0.223 e. The maximum absolute atomic E-state index is 12.4. The summed E-state index contributed by atoms with van der Waals surface area (Å²) < 4.78 is 5.10. The van der Waals surface area contributed by atoms with E-state index in [0.717, 1.165) is 44.9 Å². The average Bonchev–Trinajstić information content (AvgIpc) is 3.14. The molecule has 0 aliphatic heterocycles. The molecular formula is C15H24N4O2. The summed E-state index contributed by atoms with van der Waals surface area (Å²) in [6.07, 6.45) is 7.67. The normalized spacial score (nSPS) is 27.9. The number of aryl methyl sites for hydroxylation is 1. The Balaban J connectivity index is 1.69. The fourth-order valence-electron chi connectivity index (χ4n) is 3.75. The van der Waals surface area contributed by atoms with E-state index in [4.69, 9.17) is 10.3 Å².